The molecule has 94 valence electrons. The minimum Gasteiger partial charge on any atom is -0.351 e. The van der Waals surface area contributed by atoms with Gasteiger partial charge in [-0.15, -0.1) is 0 Å². The summed E-state index contributed by atoms with van der Waals surface area (Å²) in [4.78, 5) is 13.7. The molecule has 0 aliphatic rings. The van der Waals surface area contributed by atoms with Gasteiger partial charge in [0.2, 0.25) is 5.12 Å². The first-order valence-electron chi connectivity index (χ1n) is 4.99. The van der Waals surface area contributed by atoms with Crippen molar-refractivity contribution in [3.05, 3.63) is 46.6 Å². The number of carbonyl (C=O) groups is 1. The maximum absolute atomic E-state index is 12.9. The van der Waals surface area contributed by atoms with Gasteiger partial charge in [-0.3, -0.25) is 4.79 Å². The average molecular weight is 288 g/mol. The number of H-pyrrole nitrogens is 1. The third-order valence-electron chi connectivity index (χ3n) is 2.45. The zero-order chi connectivity index (χ0) is 13.3. The molecule has 2 aromatic rings. The SMILES string of the molecule is O=C(S)c1cc(C(F)F)c(-c2ccc(Cl)cc2)[nH]1. The van der Waals surface area contributed by atoms with Crippen LogP contribution in [-0.2, 0) is 0 Å². The third kappa shape index (κ3) is 2.57. The molecule has 1 aromatic carbocycles. The molecule has 0 radical (unpaired) electrons. The van der Waals surface area contributed by atoms with E-state index in [9.17, 15) is 13.6 Å². The van der Waals surface area contributed by atoms with Gasteiger partial charge < -0.3 is 4.98 Å². The van der Waals surface area contributed by atoms with E-state index >= 15 is 0 Å². The number of hydrogen-bond donors (Lipinski definition) is 2. The van der Waals surface area contributed by atoms with Crippen LogP contribution < -0.4 is 0 Å². The summed E-state index contributed by atoms with van der Waals surface area (Å²) in [6.07, 6.45) is -2.67. The van der Waals surface area contributed by atoms with Gasteiger partial charge in [0, 0.05) is 10.6 Å². The summed E-state index contributed by atoms with van der Waals surface area (Å²) in [6.45, 7) is 0. The predicted octanol–water partition coefficient (Wildman–Crippen LogP) is 4.34. The molecule has 2 nitrogen and oxygen atoms in total. The molecule has 0 aliphatic carbocycles. The smallest absolute Gasteiger partial charge is 0.265 e. The molecule has 0 spiro atoms. The molecule has 0 fully saturated rings. The quantitative estimate of drug-likeness (QED) is 0.809. The summed E-state index contributed by atoms with van der Waals surface area (Å²) in [6, 6.07) is 7.51. The number of aromatic amines is 1. The number of hydrogen-bond acceptors (Lipinski definition) is 1. The molecular formula is C12H8ClF2NOS. The zero-order valence-electron chi connectivity index (χ0n) is 8.95. The van der Waals surface area contributed by atoms with Gasteiger partial charge in [0.1, 0.15) is 0 Å². The lowest BCUT2D eigenvalue weighted by atomic mass is 10.1. The highest BCUT2D eigenvalue weighted by molar-refractivity contribution is 7.97. The Kier molecular flexibility index (Phi) is 3.73. The van der Waals surface area contributed by atoms with E-state index in [-0.39, 0.29) is 17.0 Å². The van der Waals surface area contributed by atoms with Crippen molar-refractivity contribution >= 4 is 29.3 Å². The Hall–Kier alpha value is -1.33. The Balaban J connectivity index is 2.54. The van der Waals surface area contributed by atoms with Crippen LogP contribution in [0.15, 0.2) is 30.3 Å². The van der Waals surface area contributed by atoms with Gasteiger partial charge in [-0.25, -0.2) is 8.78 Å². The van der Waals surface area contributed by atoms with Gasteiger partial charge in [-0.1, -0.05) is 36.4 Å². The Bertz CT molecular complexity index is 580. The van der Waals surface area contributed by atoms with E-state index in [1.54, 1.807) is 24.3 Å². The maximum Gasteiger partial charge on any atom is 0.265 e. The van der Waals surface area contributed by atoms with Gasteiger partial charge in [-0.2, -0.15) is 0 Å². The third-order valence-corrected chi connectivity index (χ3v) is 2.94. The fraction of sp³-hybridized carbons (Fsp3) is 0.0833. The second-order valence-corrected chi connectivity index (χ2v) is 4.47. The summed E-state index contributed by atoms with van der Waals surface area (Å²) in [7, 11) is 0. The zero-order valence-corrected chi connectivity index (χ0v) is 10.6. The van der Waals surface area contributed by atoms with Crippen LogP contribution in [0.25, 0.3) is 11.3 Å². The van der Waals surface area contributed by atoms with Crippen molar-refractivity contribution in [2.45, 2.75) is 6.43 Å². The number of halogens is 3. The van der Waals surface area contributed by atoms with Crippen LogP contribution in [0.4, 0.5) is 8.78 Å². The molecule has 1 aromatic heterocycles. The van der Waals surface area contributed by atoms with Crippen LogP contribution in [0, 0.1) is 0 Å². The fourth-order valence-electron chi connectivity index (χ4n) is 1.61. The Morgan fingerprint density at radius 3 is 2.39 bits per heavy atom. The minimum atomic E-state index is -2.67. The first-order valence-corrected chi connectivity index (χ1v) is 5.82. The van der Waals surface area contributed by atoms with E-state index in [4.69, 9.17) is 11.6 Å². The topological polar surface area (TPSA) is 32.9 Å². The molecule has 0 aliphatic heterocycles. The highest BCUT2D eigenvalue weighted by atomic mass is 35.5. The Morgan fingerprint density at radius 1 is 1.28 bits per heavy atom. The van der Waals surface area contributed by atoms with E-state index < -0.39 is 11.5 Å². The Labute approximate surface area is 112 Å². The number of aromatic nitrogens is 1. The van der Waals surface area contributed by atoms with Gasteiger partial charge in [0.25, 0.3) is 6.43 Å². The van der Waals surface area contributed by atoms with Crippen molar-refractivity contribution in [3.63, 3.8) is 0 Å². The van der Waals surface area contributed by atoms with Crippen LogP contribution in [-0.4, -0.2) is 10.1 Å². The number of thiol groups is 1. The fourth-order valence-corrected chi connectivity index (χ4v) is 1.86. The van der Waals surface area contributed by atoms with Crippen LogP contribution in [0.2, 0.25) is 5.02 Å². The predicted molar refractivity (Wildman–Crippen MR) is 69.5 cm³/mol. The summed E-state index contributed by atoms with van der Waals surface area (Å²) in [5.41, 5.74) is 0.558. The average Bonchev–Trinajstić information content (AvgIpc) is 2.75. The van der Waals surface area contributed by atoms with Crippen molar-refractivity contribution in [2.24, 2.45) is 0 Å². The van der Waals surface area contributed by atoms with Crippen molar-refractivity contribution < 1.29 is 13.6 Å². The largest absolute Gasteiger partial charge is 0.351 e. The van der Waals surface area contributed by atoms with Gasteiger partial charge in [-0.05, 0) is 23.8 Å². The number of rotatable bonds is 3. The molecule has 6 heteroatoms. The summed E-state index contributed by atoms with van der Waals surface area (Å²) in [5.74, 6) is 0. The molecule has 1 heterocycles. The number of alkyl halides is 2. The molecular weight excluding hydrogens is 280 g/mol. The summed E-state index contributed by atoms with van der Waals surface area (Å²) < 4.78 is 25.8. The molecule has 2 rings (SSSR count). The van der Waals surface area contributed by atoms with Gasteiger partial charge in [0.05, 0.1) is 11.4 Å². The normalized spacial score (nSPS) is 10.9. The van der Waals surface area contributed by atoms with E-state index in [1.807, 2.05) is 0 Å². The first kappa shape index (κ1) is 13.1. The van der Waals surface area contributed by atoms with Crippen molar-refractivity contribution in [2.75, 3.05) is 0 Å². The molecule has 0 amide bonds. The number of nitrogens with one attached hydrogen (secondary N) is 1. The molecule has 0 saturated heterocycles. The van der Waals surface area contributed by atoms with Crippen LogP contribution >= 0.6 is 24.2 Å². The van der Waals surface area contributed by atoms with Crippen molar-refractivity contribution in [1.82, 2.24) is 4.98 Å². The van der Waals surface area contributed by atoms with E-state index in [0.29, 0.717) is 10.6 Å². The number of benzene rings is 1. The second kappa shape index (κ2) is 5.12. The molecule has 0 atom stereocenters. The monoisotopic (exact) mass is 287 g/mol. The molecule has 0 saturated carbocycles. The highest BCUT2D eigenvalue weighted by Gasteiger charge is 2.19. The van der Waals surface area contributed by atoms with Crippen LogP contribution in [0.3, 0.4) is 0 Å². The van der Waals surface area contributed by atoms with Crippen LogP contribution in [0.5, 0.6) is 0 Å². The van der Waals surface area contributed by atoms with Gasteiger partial charge in [0.15, 0.2) is 0 Å². The second-order valence-electron chi connectivity index (χ2n) is 3.63. The molecule has 1 N–H and O–H groups in total. The summed E-state index contributed by atoms with van der Waals surface area (Å²) in [5, 5.41) is -0.0773. The molecule has 0 bridgehead atoms. The van der Waals surface area contributed by atoms with E-state index in [1.165, 1.54) is 0 Å². The highest BCUT2D eigenvalue weighted by Crippen LogP contribution is 2.32. The molecule has 18 heavy (non-hydrogen) atoms. The van der Waals surface area contributed by atoms with E-state index in [0.717, 1.165) is 6.07 Å². The summed E-state index contributed by atoms with van der Waals surface area (Å²) >= 11 is 9.34. The maximum atomic E-state index is 12.9. The standard InChI is InChI=1S/C12H8ClF2NOS/c13-7-3-1-6(2-4-7)10-8(11(14)15)5-9(16-10)12(17)18/h1-5,11,16H,(H,17,18). The van der Waals surface area contributed by atoms with Crippen molar-refractivity contribution in [3.8, 4) is 11.3 Å². The van der Waals surface area contributed by atoms with Gasteiger partial charge >= 0.3 is 0 Å². The minimum absolute atomic E-state index is 0.0404. The first-order chi connectivity index (χ1) is 8.49. The lowest BCUT2D eigenvalue weighted by molar-refractivity contribution is 0.108. The lowest BCUT2D eigenvalue weighted by Gasteiger charge is -2.03. The number of carbonyl (C=O) groups excluding carboxylic acids is 1. The Morgan fingerprint density at radius 2 is 1.89 bits per heavy atom. The lowest BCUT2D eigenvalue weighted by Crippen LogP contribution is -1.88. The van der Waals surface area contributed by atoms with E-state index in [2.05, 4.69) is 17.6 Å². The molecule has 0 unspecified atom stereocenters. The van der Waals surface area contributed by atoms with Crippen LogP contribution in [0.1, 0.15) is 22.5 Å². The van der Waals surface area contributed by atoms with Crippen molar-refractivity contribution in [1.29, 1.82) is 0 Å².